The van der Waals surface area contributed by atoms with Crippen LogP contribution in [0.4, 0.5) is 5.69 Å². The monoisotopic (exact) mass is 235 g/mol. The van der Waals surface area contributed by atoms with Gasteiger partial charge in [-0.1, -0.05) is 35.7 Å². The second-order valence-corrected chi connectivity index (χ2v) is 4.03. The second kappa shape index (κ2) is 5.20. The van der Waals surface area contributed by atoms with Gasteiger partial charge in [0, 0.05) is 11.3 Å². The van der Waals surface area contributed by atoms with Gasteiger partial charge >= 0.3 is 0 Å². The van der Waals surface area contributed by atoms with Gasteiger partial charge in [-0.05, 0) is 37.1 Å². The van der Waals surface area contributed by atoms with Crippen molar-refractivity contribution >= 4 is 11.5 Å². The highest BCUT2D eigenvalue weighted by Crippen LogP contribution is 2.10. The van der Waals surface area contributed by atoms with E-state index in [2.05, 4.69) is 11.8 Å². The van der Waals surface area contributed by atoms with Crippen molar-refractivity contribution in [3.05, 3.63) is 65.2 Å². The van der Waals surface area contributed by atoms with Gasteiger partial charge in [0.25, 0.3) is 0 Å². The summed E-state index contributed by atoms with van der Waals surface area (Å²) in [5.74, 6) is 5.19. The minimum Gasteiger partial charge on any atom is -0.398 e. The predicted octanol–water partition coefficient (Wildman–Crippen LogP) is 2.81. The number of hydrogen-bond donors (Lipinski definition) is 1. The van der Waals surface area contributed by atoms with E-state index >= 15 is 0 Å². The van der Waals surface area contributed by atoms with Gasteiger partial charge in [0.2, 0.25) is 5.78 Å². The van der Waals surface area contributed by atoms with Crippen molar-refractivity contribution in [2.75, 3.05) is 5.73 Å². The van der Waals surface area contributed by atoms with Crippen molar-refractivity contribution in [2.24, 2.45) is 0 Å². The Morgan fingerprint density at radius 2 is 1.72 bits per heavy atom. The highest BCUT2D eigenvalue weighted by atomic mass is 16.1. The Morgan fingerprint density at radius 3 is 2.39 bits per heavy atom. The van der Waals surface area contributed by atoms with Gasteiger partial charge < -0.3 is 5.73 Å². The van der Waals surface area contributed by atoms with Crippen LogP contribution in [0.2, 0.25) is 0 Å². The molecule has 0 atom stereocenters. The first-order valence-corrected chi connectivity index (χ1v) is 5.64. The van der Waals surface area contributed by atoms with E-state index in [-0.39, 0.29) is 5.78 Å². The van der Waals surface area contributed by atoms with E-state index in [0.29, 0.717) is 11.3 Å². The van der Waals surface area contributed by atoms with Crippen molar-refractivity contribution < 1.29 is 4.79 Å². The Kier molecular flexibility index (Phi) is 3.45. The maximum absolute atomic E-state index is 11.9. The lowest BCUT2D eigenvalue weighted by Gasteiger charge is -1.98. The van der Waals surface area contributed by atoms with Crippen molar-refractivity contribution in [3.8, 4) is 11.8 Å². The molecule has 0 fully saturated rings. The van der Waals surface area contributed by atoms with Crippen LogP contribution in [0.1, 0.15) is 21.5 Å². The summed E-state index contributed by atoms with van der Waals surface area (Å²) >= 11 is 0. The molecule has 0 saturated heterocycles. The molecule has 2 aromatic rings. The number of rotatable bonds is 1. The number of nitrogens with two attached hydrogens (primary N) is 1. The van der Waals surface area contributed by atoms with Crippen LogP contribution < -0.4 is 5.73 Å². The molecule has 0 spiro atoms. The summed E-state index contributed by atoms with van der Waals surface area (Å²) in [6.07, 6.45) is 0. The largest absolute Gasteiger partial charge is 0.398 e. The number of ketones is 1. The minimum absolute atomic E-state index is 0.256. The lowest BCUT2D eigenvalue weighted by atomic mass is 10.1. The lowest BCUT2D eigenvalue weighted by Crippen LogP contribution is -2.00. The fourth-order valence-corrected chi connectivity index (χ4v) is 1.54. The first-order chi connectivity index (χ1) is 8.66. The summed E-state index contributed by atoms with van der Waals surface area (Å²) in [5.41, 5.74) is 8.62. The van der Waals surface area contributed by atoms with E-state index < -0.39 is 0 Å². The van der Waals surface area contributed by atoms with Crippen LogP contribution in [0.3, 0.4) is 0 Å². The predicted molar refractivity (Wildman–Crippen MR) is 73.2 cm³/mol. The zero-order chi connectivity index (χ0) is 13.0. The first kappa shape index (κ1) is 11.9. The van der Waals surface area contributed by atoms with Crippen molar-refractivity contribution in [1.29, 1.82) is 0 Å². The van der Waals surface area contributed by atoms with Gasteiger partial charge in [0.15, 0.2) is 0 Å². The van der Waals surface area contributed by atoms with Gasteiger partial charge in [-0.25, -0.2) is 0 Å². The number of carbonyl (C=O) groups excluding carboxylic acids is 1. The molecule has 88 valence electrons. The molecule has 0 aliphatic rings. The fourth-order valence-electron chi connectivity index (χ4n) is 1.54. The second-order valence-electron chi connectivity index (χ2n) is 4.03. The summed E-state index contributed by atoms with van der Waals surface area (Å²) in [4.78, 5) is 11.9. The van der Waals surface area contributed by atoms with E-state index in [9.17, 15) is 4.79 Å². The van der Waals surface area contributed by atoms with Crippen molar-refractivity contribution in [1.82, 2.24) is 0 Å². The van der Waals surface area contributed by atoms with Crippen LogP contribution in [-0.2, 0) is 0 Å². The smallest absolute Gasteiger partial charge is 0.238 e. The highest BCUT2D eigenvalue weighted by Gasteiger charge is 2.04. The van der Waals surface area contributed by atoms with Crippen LogP contribution in [-0.4, -0.2) is 5.78 Å². The summed E-state index contributed by atoms with van der Waals surface area (Å²) < 4.78 is 0. The Bertz CT molecular complexity index is 630. The molecule has 0 heterocycles. The standard InChI is InChI=1S/C16H13NO/c1-12-6-8-13(9-7-12)10-11-16(18)14-4-2-3-5-15(14)17/h2-9H,17H2,1H3. The molecule has 0 amide bonds. The number of anilines is 1. The summed E-state index contributed by atoms with van der Waals surface area (Å²) in [6, 6.07) is 14.7. The number of para-hydroxylation sites is 1. The van der Waals surface area contributed by atoms with Gasteiger partial charge in [-0.2, -0.15) is 0 Å². The van der Waals surface area contributed by atoms with Gasteiger partial charge in [-0.15, -0.1) is 0 Å². The Balaban J connectivity index is 2.23. The highest BCUT2D eigenvalue weighted by molar-refractivity contribution is 6.12. The molecule has 0 aliphatic heterocycles. The average Bonchev–Trinajstić information content (AvgIpc) is 2.38. The molecular formula is C16H13NO. The summed E-state index contributed by atoms with van der Waals surface area (Å²) in [7, 11) is 0. The summed E-state index contributed by atoms with van der Waals surface area (Å²) in [6.45, 7) is 2.01. The number of carbonyl (C=O) groups is 1. The van der Waals surface area contributed by atoms with Gasteiger partial charge in [0.05, 0.1) is 5.56 Å². The Hall–Kier alpha value is -2.53. The lowest BCUT2D eigenvalue weighted by molar-refractivity contribution is 0.105. The number of hydrogen-bond acceptors (Lipinski definition) is 2. The maximum atomic E-state index is 11.9. The van der Waals surface area contributed by atoms with E-state index in [1.165, 1.54) is 5.56 Å². The fraction of sp³-hybridized carbons (Fsp3) is 0.0625. The van der Waals surface area contributed by atoms with E-state index in [0.717, 1.165) is 5.56 Å². The molecule has 0 unspecified atom stereocenters. The number of benzene rings is 2. The summed E-state index contributed by atoms with van der Waals surface area (Å²) in [5, 5.41) is 0. The normalized spacial score (nSPS) is 9.39. The van der Waals surface area contributed by atoms with Crippen LogP contribution in [0.25, 0.3) is 0 Å². The van der Waals surface area contributed by atoms with Gasteiger partial charge in [-0.3, -0.25) is 4.79 Å². The van der Waals surface area contributed by atoms with E-state index in [1.807, 2.05) is 31.2 Å². The van der Waals surface area contributed by atoms with Crippen LogP contribution in [0, 0.1) is 18.8 Å². The average molecular weight is 235 g/mol. The third-order valence-electron chi connectivity index (χ3n) is 2.58. The Morgan fingerprint density at radius 1 is 1.06 bits per heavy atom. The molecule has 0 bridgehead atoms. The molecule has 2 rings (SSSR count). The molecule has 2 heteroatoms. The van der Waals surface area contributed by atoms with Gasteiger partial charge in [0.1, 0.15) is 0 Å². The molecule has 0 aliphatic carbocycles. The third kappa shape index (κ3) is 2.78. The zero-order valence-electron chi connectivity index (χ0n) is 10.1. The van der Waals surface area contributed by atoms with Crippen molar-refractivity contribution in [3.63, 3.8) is 0 Å². The first-order valence-electron chi connectivity index (χ1n) is 5.64. The molecule has 2 nitrogen and oxygen atoms in total. The molecule has 2 aromatic carbocycles. The minimum atomic E-state index is -0.256. The molecule has 0 radical (unpaired) electrons. The number of nitrogen functional groups attached to an aromatic ring is 1. The van der Waals surface area contributed by atoms with Crippen molar-refractivity contribution in [2.45, 2.75) is 6.92 Å². The zero-order valence-corrected chi connectivity index (χ0v) is 10.1. The SMILES string of the molecule is Cc1ccc(C#CC(=O)c2ccccc2N)cc1. The van der Waals surface area contributed by atoms with E-state index in [4.69, 9.17) is 5.73 Å². The molecule has 0 aromatic heterocycles. The van der Waals surface area contributed by atoms with Crippen LogP contribution >= 0.6 is 0 Å². The molecule has 18 heavy (non-hydrogen) atoms. The third-order valence-corrected chi connectivity index (χ3v) is 2.58. The quantitative estimate of drug-likeness (QED) is 0.469. The number of Topliss-reactive ketones (excluding diaryl/α,β-unsaturated/α-hetero) is 1. The Labute approximate surface area is 106 Å². The number of aryl methyl sites for hydroxylation is 1. The van der Waals surface area contributed by atoms with E-state index in [1.54, 1.807) is 24.3 Å². The maximum Gasteiger partial charge on any atom is 0.238 e. The molecule has 0 saturated carbocycles. The van der Waals surface area contributed by atoms with Crippen LogP contribution in [0.5, 0.6) is 0 Å². The topological polar surface area (TPSA) is 43.1 Å². The molecule has 2 N–H and O–H groups in total. The molecular weight excluding hydrogens is 222 g/mol. The van der Waals surface area contributed by atoms with Crippen LogP contribution in [0.15, 0.2) is 48.5 Å².